The van der Waals surface area contributed by atoms with Gasteiger partial charge in [0.1, 0.15) is 0 Å². The summed E-state index contributed by atoms with van der Waals surface area (Å²) < 4.78 is 5.90. The number of nitrogens with one attached hydrogen (secondary N) is 2. The van der Waals surface area contributed by atoms with Gasteiger partial charge in [-0.2, -0.15) is 0 Å². The van der Waals surface area contributed by atoms with Crippen LogP contribution < -0.4 is 10.6 Å². The monoisotopic (exact) mass is 552 g/mol. The molecule has 0 bridgehead atoms. The Morgan fingerprint density at radius 2 is 2.11 bits per heavy atom. The molecule has 0 spiro atoms. The van der Waals surface area contributed by atoms with E-state index in [0.29, 0.717) is 19.1 Å². The summed E-state index contributed by atoms with van der Waals surface area (Å²) in [6.07, 6.45) is 3.58. The summed E-state index contributed by atoms with van der Waals surface area (Å²) in [6.45, 7) is 5.11. The van der Waals surface area contributed by atoms with Gasteiger partial charge in [0.2, 0.25) is 0 Å². The number of rotatable bonds is 6. The third-order valence-electron chi connectivity index (χ3n) is 4.40. The summed E-state index contributed by atoms with van der Waals surface area (Å²) >= 11 is 3.51. The smallest absolute Gasteiger partial charge is 0.409 e. The van der Waals surface area contributed by atoms with Crippen molar-refractivity contribution in [3.8, 4) is 0 Å². The lowest BCUT2D eigenvalue weighted by molar-refractivity contribution is 0.111. The van der Waals surface area contributed by atoms with Gasteiger partial charge in [-0.1, -0.05) is 28.1 Å². The maximum atomic E-state index is 11.6. The van der Waals surface area contributed by atoms with Crippen molar-refractivity contribution in [2.45, 2.75) is 38.6 Å². The van der Waals surface area contributed by atoms with Gasteiger partial charge < -0.3 is 20.3 Å². The Bertz CT molecular complexity index is 607. The lowest BCUT2D eigenvalue weighted by Crippen LogP contribution is -2.49. The normalized spacial score (nSPS) is 15.1. The van der Waals surface area contributed by atoms with Crippen molar-refractivity contribution in [3.05, 3.63) is 34.3 Å². The van der Waals surface area contributed by atoms with Crippen LogP contribution in [-0.2, 0) is 11.2 Å². The number of benzene rings is 1. The third kappa shape index (κ3) is 8.68. The highest BCUT2D eigenvalue weighted by Crippen LogP contribution is 2.13. The number of carbonyl (C=O) groups excluding carboxylic acids is 1. The standard InChI is InChI=1S/C19H29BrN4O2.HI/c1-3-21-18(22-11-5-7-15-6-4-8-16(20)14-15)23-17-9-12-24(13-10-17)19(25)26-2;/h4,6,8,14,17H,3,5,7,9-13H2,1-2H3,(H2,21,22,23);1H. The fraction of sp³-hybridized carbons (Fsp3) is 0.579. The molecule has 1 aliphatic heterocycles. The highest BCUT2D eigenvalue weighted by atomic mass is 127. The van der Waals surface area contributed by atoms with Gasteiger partial charge in [-0.05, 0) is 50.3 Å². The van der Waals surface area contributed by atoms with Crippen molar-refractivity contribution < 1.29 is 9.53 Å². The number of carbonyl (C=O) groups is 1. The zero-order valence-corrected chi connectivity index (χ0v) is 20.0. The predicted molar refractivity (Wildman–Crippen MR) is 124 cm³/mol. The topological polar surface area (TPSA) is 66.0 Å². The number of hydrogen-bond donors (Lipinski definition) is 2. The number of hydrogen-bond acceptors (Lipinski definition) is 3. The van der Waals surface area contributed by atoms with Crippen molar-refractivity contribution in [2.75, 3.05) is 33.3 Å². The number of aryl methyl sites for hydroxylation is 1. The van der Waals surface area contributed by atoms with Crippen molar-refractivity contribution in [2.24, 2.45) is 4.99 Å². The number of nitrogens with zero attached hydrogens (tertiary/aromatic N) is 2. The third-order valence-corrected chi connectivity index (χ3v) is 4.89. The molecular formula is C19H30BrIN4O2. The van der Waals surface area contributed by atoms with E-state index in [1.165, 1.54) is 12.7 Å². The van der Waals surface area contributed by atoms with Gasteiger partial charge in [-0.15, -0.1) is 24.0 Å². The molecule has 2 N–H and O–H groups in total. The molecule has 8 heteroatoms. The molecule has 0 aliphatic carbocycles. The second-order valence-electron chi connectivity index (χ2n) is 6.37. The van der Waals surface area contributed by atoms with Gasteiger partial charge in [0.25, 0.3) is 0 Å². The molecule has 0 atom stereocenters. The molecule has 1 aromatic carbocycles. The summed E-state index contributed by atoms with van der Waals surface area (Å²) in [7, 11) is 1.43. The van der Waals surface area contributed by atoms with Crippen molar-refractivity contribution in [1.82, 2.24) is 15.5 Å². The summed E-state index contributed by atoms with van der Waals surface area (Å²) in [5, 5.41) is 6.80. The quantitative estimate of drug-likeness (QED) is 0.244. The van der Waals surface area contributed by atoms with E-state index in [1.54, 1.807) is 4.90 Å². The van der Waals surface area contributed by atoms with Gasteiger partial charge in [-0.25, -0.2) is 4.79 Å². The molecule has 1 aromatic rings. The van der Waals surface area contributed by atoms with Gasteiger partial charge in [0.05, 0.1) is 7.11 Å². The van der Waals surface area contributed by atoms with Crippen LogP contribution in [0, 0.1) is 0 Å². The number of likely N-dealkylation sites (tertiary alicyclic amines) is 1. The van der Waals surface area contributed by atoms with E-state index in [9.17, 15) is 4.79 Å². The average molecular weight is 553 g/mol. The molecule has 0 unspecified atom stereocenters. The van der Waals surface area contributed by atoms with Gasteiger partial charge >= 0.3 is 6.09 Å². The first-order valence-electron chi connectivity index (χ1n) is 9.24. The van der Waals surface area contributed by atoms with E-state index in [4.69, 9.17) is 9.73 Å². The summed E-state index contributed by atoms with van der Waals surface area (Å²) in [4.78, 5) is 18.0. The molecule has 0 saturated carbocycles. The molecule has 1 heterocycles. The van der Waals surface area contributed by atoms with Crippen molar-refractivity contribution in [1.29, 1.82) is 0 Å². The van der Waals surface area contributed by atoms with Crippen molar-refractivity contribution >= 4 is 52.0 Å². The zero-order chi connectivity index (χ0) is 18.8. The SMILES string of the molecule is CCNC(=NCCCc1cccc(Br)c1)NC1CCN(C(=O)OC)CC1.I. The van der Waals surface area contributed by atoms with Crippen LogP contribution >= 0.6 is 39.9 Å². The number of piperidine rings is 1. The molecule has 2 rings (SSSR count). The first kappa shape index (κ1) is 24.0. The van der Waals surface area contributed by atoms with Crippen LogP contribution in [0.3, 0.4) is 0 Å². The van der Waals surface area contributed by atoms with Gasteiger partial charge in [-0.3, -0.25) is 4.99 Å². The molecule has 0 radical (unpaired) electrons. The Balaban J connectivity index is 0.00000364. The van der Waals surface area contributed by atoms with Crippen LogP contribution in [0.15, 0.2) is 33.7 Å². The first-order chi connectivity index (χ1) is 12.6. The van der Waals surface area contributed by atoms with Crippen LogP contribution in [0.25, 0.3) is 0 Å². The van der Waals surface area contributed by atoms with Crippen LogP contribution in [0.2, 0.25) is 0 Å². The Morgan fingerprint density at radius 1 is 1.37 bits per heavy atom. The van der Waals surface area contributed by atoms with Gasteiger partial charge in [0, 0.05) is 36.7 Å². The Labute approximate surface area is 187 Å². The van der Waals surface area contributed by atoms with E-state index in [0.717, 1.165) is 49.2 Å². The maximum absolute atomic E-state index is 11.6. The second kappa shape index (κ2) is 13.2. The number of guanidine groups is 1. The van der Waals surface area contributed by atoms with Crippen LogP contribution in [0.1, 0.15) is 31.7 Å². The Kier molecular flexibility index (Phi) is 11.7. The Morgan fingerprint density at radius 3 is 2.74 bits per heavy atom. The minimum absolute atomic E-state index is 0. The molecule has 1 aliphatic rings. The number of ether oxygens (including phenoxy) is 1. The summed E-state index contributed by atoms with van der Waals surface area (Å²) in [5.41, 5.74) is 1.32. The predicted octanol–water partition coefficient (Wildman–Crippen LogP) is 3.79. The minimum atomic E-state index is -0.239. The molecular weight excluding hydrogens is 523 g/mol. The molecule has 27 heavy (non-hydrogen) atoms. The highest BCUT2D eigenvalue weighted by Gasteiger charge is 2.23. The van der Waals surface area contributed by atoms with Crippen LogP contribution in [-0.4, -0.2) is 56.3 Å². The fourth-order valence-corrected chi connectivity index (χ4v) is 3.46. The number of aliphatic imine (C=N–C) groups is 1. The number of halogens is 2. The molecule has 1 saturated heterocycles. The van der Waals surface area contributed by atoms with Crippen LogP contribution in [0.5, 0.6) is 0 Å². The van der Waals surface area contributed by atoms with E-state index in [2.05, 4.69) is 51.7 Å². The second-order valence-corrected chi connectivity index (χ2v) is 7.29. The number of methoxy groups -OCH3 is 1. The highest BCUT2D eigenvalue weighted by molar-refractivity contribution is 14.0. The largest absolute Gasteiger partial charge is 0.453 e. The molecule has 152 valence electrons. The summed E-state index contributed by atoms with van der Waals surface area (Å²) in [6, 6.07) is 8.74. The van der Waals surface area contributed by atoms with Crippen LogP contribution in [0.4, 0.5) is 4.79 Å². The van der Waals surface area contributed by atoms with E-state index >= 15 is 0 Å². The molecule has 1 fully saturated rings. The van der Waals surface area contributed by atoms with E-state index < -0.39 is 0 Å². The average Bonchev–Trinajstić information content (AvgIpc) is 2.65. The molecule has 6 nitrogen and oxygen atoms in total. The lowest BCUT2D eigenvalue weighted by atomic mass is 10.1. The molecule has 1 amide bonds. The van der Waals surface area contributed by atoms with E-state index in [-0.39, 0.29) is 30.1 Å². The first-order valence-corrected chi connectivity index (χ1v) is 10.0. The Hall–Kier alpha value is -1.03. The zero-order valence-electron chi connectivity index (χ0n) is 16.0. The molecule has 0 aromatic heterocycles. The van der Waals surface area contributed by atoms with Crippen molar-refractivity contribution in [3.63, 3.8) is 0 Å². The lowest BCUT2D eigenvalue weighted by Gasteiger charge is -2.32. The van der Waals surface area contributed by atoms with E-state index in [1.807, 2.05) is 6.07 Å². The minimum Gasteiger partial charge on any atom is -0.453 e. The number of amides is 1. The summed E-state index contributed by atoms with van der Waals surface area (Å²) in [5.74, 6) is 0.860. The van der Waals surface area contributed by atoms with Gasteiger partial charge in [0.15, 0.2) is 5.96 Å². The maximum Gasteiger partial charge on any atom is 0.409 e. The fourth-order valence-electron chi connectivity index (χ4n) is 3.02.